The Labute approximate surface area is 124 Å². The van der Waals surface area contributed by atoms with E-state index in [0.717, 1.165) is 11.4 Å². The van der Waals surface area contributed by atoms with E-state index in [2.05, 4.69) is 10.6 Å². The number of carbonyl (C=O) groups is 2. The van der Waals surface area contributed by atoms with Crippen LogP contribution in [0.3, 0.4) is 0 Å². The monoisotopic (exact) mass is 294 g/mol. The van der Waals surface area contributed by atoms with E-state index in [-0.39, 0.29) is 17.2 Å². The number of carbonyl (C=O) groups excluding carboxylic acids is 2. The molecule has 0 fully saturated rings. The van der Waals surface area contributed by atoms with Crippen molar-refractivity contribution in [3.8, 4) is 0 Å². The number of nitrogens with one attached hydrogen (secondary N) is 2. The summed E-state index contributed by atoms with van der Waals surface area (Å²) < 4.78 is 0. The number of benzene rings is 1. The van der Waals surface area contributed by atoms with Crippen LogP contribution in [0, 0.1) is 5.41 Å². The van der Waals surface area contributed by atoms with Gasteiger partial charge >= 0.3 is 0 Å². The summed E-state index contributed by atoms with van der Waals surface area (Å²) in [4.78, 5) is 23.2. The average molecular weight is 294 g/mol. The molecule has 110 valence electrons. The van der Waals surface area contributed by atoms with Crippen molar-refractivity contribution in [2.45, 2.75) is 27.2 Å². The molecule has 20 heavy (non-hydrogen) atoms. The van der Waals surface area contributed by atoms with Gasteiger partial charge in [0.2, 0.25) is 11.8 Å². The maximum Gasteiger partial charge on any atom is 0.234 e. The van der Waals surface area contributed by atoms with E-state index in [1.807, 2.05) is 27.0 Å². The molecule has 0 unspecified atom stereocenters. The molecule has 0 heterocycles. The largest absolute Gasteiger partial charge is 0.326 e. The third-order valence-corrected chi connectivity index (χ3v) is 2.97. The van der Waals surface area contributed by atoms with Gasteiger partial charge < -0.3 is 10.6 Å². The zero-order valence-electron chi connectivity index (χ0n) is 12.4. The average Bonchev–Trinajstić information content (AvgIpc) is 2.29. The number of amides is 2. The third-order valence-electron chi connectivity index (χ3n) is 2.42. The highest BCUT2D eigenvalue weighted by Gasteiger charge is 2.15. The first-order valence-corrected chi connectivity index (χ1v) is 7.88. The predicted octanol–water partition coefficient (Wildman–Crippen LogP) is 3.36. The van der Waals surface area contributed by atoms with Crippen LogP contribution < -0.4 is 10.6 Å². The Morgan fingerprint density at radius 2 is 1.45 bits per heavy atom. The lowest BCUT2D eigenvalue weighted by atomic mass is 9.92. The second-order valence-electron chi connectivity index (χ2n) is 5.84. The van der Waals surface area contributed by atoms with Crippen molar-refractivity contribution in [1.29, 1.82) is 0 Å². The van der Waals surface area contributed by atoms with Crippen LogP contribution in [0.15, 0.2) is 24.3 Å². The summed E-state index contributed by atoms with van der Waals surface area (Å²) in [5.74, 6) is 0.406. The highest BCUT2D eigenvalue weighted by atomic mass is 32.2. The van der Waals surface area contributed by atoms with Crippen LogP contribution in [0.2, 0.25) is 0 Å². The van der Waals surface area contributed by atoms with Crippen molar-refractivity contribution >= 4 is 35.0 Å². The molecule has 0 saturated carbocycles. The molecule has 0 saturated heterocycles. The first kappa shape index (κ1) is 16.6. The van der Waals surface area contributed by atoms with Crippen LogP contribution in [0.4, 0.5) is 11.4 Å². The molecule has 1 aromatic carbocycles. The summed E-state index contributed by atoms with van der Waals surface area (Å²) in [5, 5.41) is 5.64. The lowest BCUT2D eigenvalue weighted by molar-refractivity contribution is -0.118. The standard InChI is InChI=1S/C15H22N2O2S/c1-15(2,3)9-13(18)16-11-5-7-12(8-6-11)17-14(19)10-20-4/h5-8H,9-10H2,1-4H3,(H,16,18)(H,17,19). The van der Waals surface area contributed by atoms with Gasteiger partial charge in [-0.2, -0.15) is 11.8 Å². The molecule has 0 aliphatic heterocycles. The molecule has 2 N–H and O–H groups in total. The zero-order valence-corrected chi connectivity index (χ0v) is 13.3. The minimum atomic E-state index is -0.0319. The van der Waals surface area contributed by atoms with Crippen LogP contribution in [-0.2, 0) is 9.59 Å². The van der Waals surface area contributed by atoms with E-state index in [0.29, 0.717) is 12.2 Å². The quantitative estimate of drug-likeness (QED) is 0.875. The van der Waals surface area contributed by atoms with Crippen LogP contribution in [0.5, 0.6) is 0 Å². The first-order valence-electron chi connectivity index (χ1n) is 6.49. The van der Waals surface area contributed by atoms with E-state index < -0.39 is 0 Å². The second kappa shape index (κ2) is 7.33. The summed E-state index contributed by atoms with van der Waals surface area (Å²) in [7, 11) is 0. The second-order valence-corrected chi connectivity index (χ2v) is 6.71. The van der Waals surface area contributed by atoms with Crippen molar-refractivity contribution in [3.05, 3.63) is 24.3 Å². The van der Waals surface area contributed by atoms with E-state index >= 15 is 0 Å². The molecular weight excluding hydrogens is 272 g/mol. The Bertz CT molecular complexity index is 464. The van der Waals surface area contributed by atoms with E-state index in [1.165, 1.54) is 11.8 Å². The first-order chi connectivity index (χ1) is 9.30. The van der Waals surface area contributed by atoms with Gasteiger partial charge in [-0.05, 0) is 35.9 Å². The van der Waals surface area contributed by atoms with E-state index in [4.69, 9.17) is 0 Å². The van der Waals surface area contributed by atoms with Crippen molar-refractivity contribution < 1.29 is 9.59 Å². The molecule has 5 heteroatoms. The Hall–Kier alpha value is -1.49. The van der Waals surface area contributed by atoms with Crippen molar-refractivity contribution in [1.82, 2.24) is 0 Å². The molecule has 1 aromatic rings. The van der Waals surface area contributed by atoms with Gasteiger partial charge in [0, 0.05) is 17.8 Å². The number of rotatable bonds is 5. The SMILES string of the molecule is CSCC(=O)Nc1ccc(NC(=O)CC(C)(C)C)cc1. The molecule has 0 radical (unpaired) electrons. The van der Waals surface area contributed by atoms with Crippen LogP contribution in [0.25, 0.3) is 0 Å². The Kier molecular flexibility index (Phi) is 6.07. The van der Waals surface area contributed by atoms with Crippen molar-refractivity contribution in [2.24, 2.45) is 5.41 Å². The summed E-state index contributed by atoms with van der Waals surface area (Å²) in [6.45, 7) is 6.07. The zero-order chi connectivity index (χ0) is 15.2. The number of thioether (sulfide) groups is 1. The van der Waals surface area contributed by atoms with Gasteiger partial charge in [-0.15, -0.1) is 0 Å². The fraction of sp³-hybridized carbons (Fsp3) is 0.467. The number of hydrogen-bond acceptors (Lipinski definition) is 3. The molecule has 0 atom stereocenters. The van der Waals surface area contributed by atoms with Gasteiger partial charge in [-0.1, -0.05) is 20.8 Å². The van der Waals surface area contributed by atoms with Gasteiger partial charge in [-0.25, -0.2) is 0 Å². The molecule has 2 amide bonds. The van der Waals surface area contributed by atoms with Gasteiger partial charge in [0.15, 0.2) is 0 Å². The molecular formula is C15H22N2O2S. The third kappa shape index (κ3) is 6.61. The highest BCUT2D eigenvalue weighted by Crippen LogP contribution is 2.20. The summed E-state index contributed by atoms with van der Waals surface area (Å²) in [5.41, 5.74) is 1.44. The van der Waals surface area contributed by atoms with Crippen LogP contribution in [-0.4, -0.2) is 23.8 Å². The topological polar surface area (TPSA) is 58.2 Å². The Morgan fingerprint density at radius 3 is 1.85 bits per heavy atom. The molecule has 0 bridgehead atoms. The molecule has 0 aromatic heterocycles. The summed E-state index contributed by atoms with van der Waals surface area (Å²) in [6, 6.07) is 7.14. The number of hydrogen-bond donors (Lipinski definition) is 2. The Balaban J connectivity index is 2.54. The summed E-state index contributed by atoms with van der Waals surface area (Å²) >= 11 is 1.48. The maximum absolute atomic E-state index is 11.8. The highest BCUT2D eigenvalue weighted by molar-refractivity contribution is 7.99. The van der Waals surface area contributed by atoms with Gasteiger partial charge in [0.05, 0.1) is 5.75 Å². The molecule has 0 spiro atoms. The molecule has 1 rings (SSSR count). The van der Waals surface area contributed by atoms with Crippen molar-refractivity contribution in [3.63, 3.8) is 0 Å². The fourth-order valence-corrected chi connectivity index (χ4v) is 1.99. The predicted molar refractivity (Wildman–Crippen MR) is 86.2 cm³/mol. The molecule has 0 aliphatic carbocycles. The minimum absolute atomic E-state index is 0.00308. The molecule has 4 nitrogen and oxygen atoms in total. The normalized spacial score (nSPS) is 11.0. The fourth-order valence-electron chi connectivity index (χ4n) is 1.65. The summed E-state index contributed by atoms with van der Waals surface area (Å²) in [6.07, 6.45) is 2.35. The minimum Gasteiger partial charge on any atom is -0.326 e. The smallest absolute Gasteiger partial charge is 0.234 e. The van der Waals surface area contributed by atoms with Crippen LogP contribution >= 0.6 is 11.8 Å². The van der Waals surface area contributed by atoms with Crippen LogP contribution in [0.1, 0.15) is 27.2 Å². The van der Waals surface area contributed by atoms with E-state index in [1.54, 1.807) is 24.3 Å². The molecule has 0 aliphatic rings. The number of anilines is 2. The van der Waals surface area contributed by atoms with E-state index in [9.17, 15) is 9.59 Å². The lowest BCUT2D eigenvalue weighted by Crippen LogP contribution is -2.19. The van der Waals surface area contributed by atoms with Gasteiger partial charge in [-0.3, -0.25) is 9.59 Å². The van der Waals surface area contributed by atoms with Gasteiger partial charge in [0.1, 0.15) is 0 Å². The van der Waals surface area contributed by atoms with Crippen molar-refractivity contribution in [2.75, 3.05) is 22.6 Å². The van der Waals surface area contributed by atoms with Gasteiger partial charge in [0.25, 0.3) is 0 Å². The Morgan fingerprint density at radius 1 is 1.00 bits per heavy atom. The maximum atomic E-state index is 11.8. The lowest BCUT2D eigenvalue weighted by Gasteiger charge is -2.17.